The Balaban J connectivity index is 0. The molecule has 0 aliphatic carbocycles. The summed E-state index contributed by atoms with van der Waals surface area (Å²) in [4.78, 5) is 9.86. The van der Waals surface area contributed by atoms with E-state index >= 15 is 0 Å². The Labute approximate surface area is 121 Å². The van der Waals surface area contributed by atoms with Gasteiger partial charge in [0.05, 0.1) is 25.8 Å². The minimum absolute atomic E-state index is 0. The standard InChI is InChI=1S/C8H16O4.K/c1-2-3-4-11-5-6-12-7-8(9)10;/h2-7H2,1H3,(H,9,10);/q;+1/p-1. The molecular formula is C8H15KO4. The SMILES string of the molecule is CCCCOCCOCC(=O)[O-].[K+]. The Kier molecular flexibility index (Phi) is 16.5. The van der Waals surface area contributed by atoms with Crippen LogP contribution >= 0.6 is 0 Å². The summed E-state index contributed by atoms with van der Waals surface area (Å²) >= 11 is 0. The molecule has 0 rings (SSSR count). The smallest absolute Gasteiger partial charge is 0.548 e. The van der Waals surface area contributed by atoms with Crippen molar-refractivity contribution >= 4 is 5.97 Å². The number of hydrogen-bond acceptors (Lipinski definition) is 4. The summed E-state index contributed by atoms with van der Waals surface area (Å²) in [7, 11) is 0. The van der Waals surface area contributed by atoms with Gasteiger partial charge in [-0.2, -0.15) is 0 Å². The van der Waals surface area contributed by atoms with Crippen LogP contribution in [0.5, 0.6) is 0 Å². The van der Waals surface area contributed by atoms with Crippen LogP contribution in [0.1, 0.15) is 19.8 Å². The first-order valence-electron chi connectivity index (χ1n) is 4.12. The van der Waals surface area contributed by atoms with Gasteiger partial charge in [0.1, 0.15) is 0 Å². The van der Waals surface area contributed by atoms with E-state index in [1.54, 1.807) is 0 Å². The second kappa shape index (κ2) is 13.0. The maximum Gasteiger partial charge on any atom is 1.00 e. The van der Waals surface area contributed by atoms with Crippen LogP contribution < -0.4 is 56.5 Å². The van der Waals surface area contributed by atoms with Crippen LogP contribution in [0.3, 0.4) is 0 Å². The molecule has 0 saturated heterocycles. The van der Waals surface area contributed by atoms with E-state index < -0.39 is 5.97 Å². The van der Waals surface area contributed by atoms with E-state index in [4.69, 9.17) is 4.74 Å². The van der Waals surface area contributed by atoms with Crippen molar-refractivity contribution in [2.45, 2.75) is 19.8 Å². The van der Waals surface area contributed by atoms with Gasteiger partial charge in [0, 0.05) is 6.61 Å². The predicted octanol–water partition coefficient (Wildman–Crippen LogP) is -3.43. The Morgan fingerprint density at radius 3 is 2.38 bits per heavy atom. The van der Waals surface area contributed by atoms with Gasteiger partial charge in [-0.1, -0.05) is 13.3 Å². The van der Waals surface area contributed by atoms with Gasteiger partial charge < -0.3 is 19.4 Å². The minimum Gasteiger partial charge on any atom is -0.548 e. The molecule has 0 heterocycles. The van der Waals surface area contributed by atoms with E-state index in [-0.39, 0.29) is 58.0 Å². The molecule has 0 aromatic carbocycles. The number of aliphatic carboxylic acids is 1. The van der Waals surface area contributed by atoms with Crippen LogP contribution in [-0.4, -0.2) is 32.4 Å². The number of hydrogen-bond donors (Lipinski definition) is 0. The molecule has 13 heavy (non-hydrogen) atoms. The minimum atomic E-state index is -1.19. The molecule has 0 spiro atoms. The van der Waals surface area contributed by atoms with Crippen LogP contribution in [0.4, 0.5) is 0 Å². The van der Waals surface area contributed by atoms with Crippen LogP contribution in [-0.2, 0) is 14.3 Å². The summed E-state index contributed by atoms with van der Waals surface area (Å²) in [6.07, 6.45) is 2.13. The monoisotopic (exact) mass is 214 g/mol. The van der Waals surface area contributed by atoms with E-state index in [2.05, 4.69) is 11.7 Å². The molecule has 0 aliphatic rings. The van der Waals surface area contributed by atoms with Crippen molar-refractivity contribution in [1.82, 2.24) is 0 Å². The van der Waals surface area contributed by atoms with E-state index in [1.165, 1.54) is 0 Å². The van der Waals surface area contributed by atoms with Crippen molar-refractivity contribution in [2.75, 3.05) is 26.4 Å². The number of carbonyl (C=O) groups excluding carboxylic acids is 1. The fourth-order valence-corrected chi connectivity index (χ4v) is 0.622. The second-order valence-corrected chi connectivity index (χ2v) is 2.39. The third-order valence-corrected chi connectivity index (χ3v) is 1.23. The van der Waals surface area contributed by atoms with Gasteiger partial charge in [-0.3, -0.25) is 0 Å². The summed E-state index contributed by atoms with van der Waals surface area (Å²) in [5.74, 6) is -1.19. The maximum atomic E-state index is 9.86. The van der Waals surface area contributed by atoms with Gasteiger partial charge in [0.15, 0.2) is 0 Å². The van der Waals surface area contributed by atoms with Crippen molar-refractivity contribution in [1.29, 1.82) is 0 Å². The zero-order chi connectivity index (χ0) is 9.23. The van der Waals surface area contributed by atoms with E-state index in [9.17, 15) is 9.90 Å². The molecule has 0 atom stereocenters. The molecule has 0 aromatic rings. The van der Waals surface area contributed by atoms with Gasteiger partial charge in [0.2, 0.25) is 0 Å². The first-order valence-corrected chi connectivity index (χ1v) is 4.12. The second-order valence-electron chi connectivity index (χ2n) is 2.39. The van der Waals surface area contributed by atoms with Crippen LogP contribution in [0.25, 0.3) is 0 Å². The van der Waals surface area contributed by atoms with Gasteiger partial charge in [0.25, 0.3) is 0 Å². The van der Waals surface area contributed by atoms with Crippen molar-refractivity contribution in [3.8, 4) is 0 Å². The molecule has 0 radical (unpaired) electrons. The summed E-state index contributed by atoms with van der Waals surface area (Å²) < 4.78 is 9.81. The Morgan fingerprint density at radius 2 is 1.85 bits per heavy atom. The molecule has 72 valence electrons. The van der Waals surface area contributed by atoms with E-state index in [0.717, 1.165) is 12.8 Å². The molecular weight excluding hydrogens is 199 g/mol. The van der Waals surface area contributed by atoms with E-state index in [0.29, 0.717) is 19.8 Å². The number of unbranched alkanes of at least 4 members (excludes halogenated alkanes) is 1. The summed E-state index contributed by atoms with van der Waals surface area (Å²) in [6.45, 7) is 3.21. The molecule has 0 N–H and O–H groups in total. The van der Waals surface area contributed by atoms with Crippen LogP contribution in [0.2, 0.25) is 0 Å². The Bertz CT molecular complexity index is 119. The molecule has 5 heteroatoms. The third kappa shape index (κ3) is 15.8. The molecule has 0 bridgehead atoms. The molecule has 0 fully saturated rings. The topological polar surface area (TPSA) is 58.6 Å². The fourth-order valence-electron chi connectivity index (χ4n) is 0.622. The normalized spacial score (nSPS) is 9.31. The molecule has 4 nitrogen and oxygen atoms in total. The van der Waals surface area contributed by atoms with Crippen molar-refractivity contribution < 1.29 is 70.8 Å². The molecule has 0 amide bonds. The first-order chi connectivity index (χ1) is 5.77. The van der Waals surface area contributed by atoms with E-state index in [1.807, 2.05) is 0 Å². The number of rotatable bonds is 8. The van der Waals surface area contributed by atoms with Gasteiger partial charge in [-0.25, -0.2) is 0 Å². The van der Waals surface area contributed by atoms with Crippen molar-refractivity contribution in [2.24, 2.45) is 0 Å². The van der Waals surface area contributed by atoms with Crippen LogP contribution in [0, 0.1) is 0 Å². The van der Waals surface area contributed by atoms with Crippen molar-refractivity contribution in [3.05, 3.63) is 0 Å². The number of carbonyl (C=O) groups is 1. The predicted molar refractivity (Wildman–Crippen MR) is 41.6 cm³/mol. The zero-order valence-electron chi connectivity index (χ0n) is 8.38. The summed E-state index contributed by atoms with van der Waals surface area (Å²) in [5.41, 5.74) is 0. The molecule has 0 aliphatic heterocycles. The van der Waals surface area contributed by atoms with Crippen LogP contribution in [0.15, 0.2) is 0 Å². The van der Waals surface area contributed by atoms with Gasteiger partial charge in [-0.05, 0) is 6.42 Å². The molecule has 0 saturated carbocycles. The molecule has 0 unspecified atom stereocenters. The third-order valence-electron chi connectivity index (χ3n) is 1.23. The fraction of sp³-hybridized carbons (Fsp3) is 0.875. The van der Waals surface area contributed by atoms with Gasteiger partial charge in [-0.15, -0.1) is 0 Å². The van der Waals surface area contributed by atoms with Crippen molar-refractivity contribution in [3.63, 3.8) is 0 Å². The summed E-state index contributed by atoms with van der Waals surface area (Å²) in [5, 5.41) is 9.86. The Hall–Kier alpha value is 1.03. The number of ether oxygens (including phenoxy) is 2. The largest absolute Gasteiger partial charge is 1.00 e. The zero-order valence-corrected chi connectivity index (χ0v) is 11.5. The molecule has 0 aromatic heterocycles. The average molecular weight is 214 g/mol. The average Bonchev–Trinajstić information content (AvgIpc) is 2.02. The summed E-state index contributed by atoms with van der Waals surface area (Å²) in [6, 6.07) is 0. The number of carboxylic acid groups (broad SMARTS) is 1. The first kappa shape index (κ1) is 16.5. The Morgan fingerprint density at radius 1 is 1.23 bits per heavy atom. The quantitative estimate of drug-likeness (QED) is 0.312. The maximum absolute atomic E-state index is 9.86. The van der Waals surface area contributed by atoms with Gasteiger partial charge >= 0.3 is 51.4 Å². The number of carboxylic acids is 1.